The van der Waals surface area contributed by atoms with E-state index in [2.05, 4.69) is 5.32 Å². The summed E-state index contributed by atoms with van der Waals surface area (Å²) >= 11 is 0. The molecule has 5 nitrogen and oxygen atoms in total. The van der Waals surface area contributed by atoms with Gasteiger partial charge in [-0.05, 0) is 40.5 Å². The van der Waals surface area contributed by atoms with E-state index >= 15 is 0 Å². The van der Waals surface area contributed by atoms with Crippen molar-refractivity contribution in [1.29, 1.82) is 0 Å². The van der Waals surface area contributed by atoms with Gasteiger partial charge in [0.05, 0.1) is 11.3 Å². The first-order valence-corrected chi connectivity index (χ1v) is 7.40. The van der Waals surface area contributed by atoms with E-state index < -0.39 is 22.8 Å². The average Bonchev–Trinajstić information content (AvgIpc) is 2.52. The Hall–Kier alpha value is -1.10. The highest BCUT2D eigenvalue weighted by atomic mass is 16.4. The minimum Gasteiger partial charge on any atom is -0.481 e. The van der Waals surface area contributed by atoms with Gasteiger partial charge in [0.2, 0.25) is 5.91 Å². The Morgan fingerprint density at radius 2 is 1.65 bits per heavy atom. The van der Waals surface area contributed by atoms with E-state index in [-0.39, 0.29) is 11.9 Å². The Morgan fingerprint density at radius 1 is 1.10 bits per heavy atom. The fraction of sp³-hybridized carbons (Fsp3) is 0.867. The van der Waals surface area contributed by atoms with E-state index in [1.54, 1.807) is 13.8 Å². The van der Waals surface area contributed by atoms with Gasteiger partial charge in [0.25, 0.3) is 0 Å². The second-order valence-electron chi connectivity index (χ2n) is 7.01. The Morgan fingerprint density at radius 3 is 2.15 bits per heavy atom. The fourth-order valence-corrected chi connectivity index (χ4v) is 2.42. The van der Waals surface area contributed by atoms with Crippen LogP contribution in [0.1, 0.15) is 59.8 Å². The van der Waals surface area contributed by atoms with Crippen LogP contribution in [-0.4, -0.2) is 28.6 Å². The Kier molecular flexibility index (Phi) is 5.19. The lowest BCUT2D eigenvalue weighted by Crippen LogP contribution is -2.58. The first-order chi connectivity index (χ1) is 9.07. The number of hydrogen-bond donors (Lipinski definition) is 3. The molecule has 2 unspecified atom stereocenters. The number of rotatable bonds is 4. The molecule has 0 heterocycles. The number of carbonyl (C=O) groups is 2. The van der Waals surface area contributed by atoms with Gasteiger partial charge in [-0.3, -0.25) is 9.59 Å². The summed E-state index contributed by atoms with van der Waals surface area (Å²) in [6.07, 6.45) is 4.26. The number of aliphatic carboxylic acids is 1. The highest BCUT2D eigenvalue weighted by molar-refractivity contribution is 5.84. The number of nitrogens with one attached hydrogen (secondary N) is 1. The lowest BCUT2D eigenvalue weighted by Gasteiger charge is -2.38. The summed E-state index contributed by atoms with van der Waals surface area (Å²) in [6.45, 7) is 7.23. The predicted molar refractivity (Wildman–Crippen MR) is 78.2 cm³/mol. The van der Waals surface area contributed by atoms with Crippen LogP contribution in [0.5, 0.6) is 0 Å². The Balaban J connectivity index is 2.83. The molecule has 2 atom stereocenters. The summed E-state index contributed by atoms with van der Waals surface area (Å²) in [5.74, 6) is -1.47. The molecule has 5 heteroatoms. The number of amides is 1. The number of carboxylic acid groups (broad SMARTS) is 1. The van der Waals surface area contributed by atoms with Crippen LogP contribution >= 0.6 is 0 Å². The summed E-state index contributed by atoms with van der Waals surface area (Å²) in [4.78, 5) is 23.8. The molecule has 1 aliphatic carbocycles. The molecule has 20 heavy (non-hydrogen) atoms. The number of hydrogen-bond acceptors (Lipinski definition) is 3. The quantitative estimate of drug-likeness (QED) is 0.687. The lowest BCUT2D eigenvalue weighted by atomic mass is 9.74. The normalized spacial score (nSPS) is 24.9. The van der Waals surface area contributed by atoms with Gasteiger partial charge < -0.3 is 16.2 Å². The van der Waals surface area contributed by atoms with E-state index in [0.29, 0.717) is 6.42 Å². The van der Waals surface area contributed by atoms with Crippen LogP contribution in [0.15, 0.2) is 0 Å². The van der Waals surface area contributed by atoms with E-state index in [1.165, 1.54) is 0 Å². The molecule has 0 aliphatic heterocycles. The van der Waals surface area contributed by atoms with Crippen molar-refractivity contribution in [2.75, 3.05) is 0 Å². The highest BCUT2D eigenvalue weighted by Crippen LogP contribution is 2.30. The SMILES string of the molecule is CC(C)(N)C(C)(C)C(=O)NC1CCCCCC1C(=O)O. The molecule has 0 spiro atoms. The third kappa shape index (κ3) is 3.72. The maximum Gasteiger partial charge on any atom is 0.308 e. The van der Waals surface area contributed by atoms with Crippen molar-refractivity contribution in [1.82, 2.24) is 5.32 Å². The van der Waals surface area contributed by atoms with Crippen molar-refractivity contribution in [2.24, 2.45) is 17.1 Å². The predicted octanol–water partition coefficient (Wildman–Crippen LogP) is 1.90. The lowest BCUT2D eigenvalue weighted by molar-refractivity contribution is -0.144. The molecular formula is C15H28N2O3. The zero-order valence-electron chi connectivity index (χ0n) is 13.0. The van der Waals surface area contributed by atoms with E-state index in [9.17, 15) is 14.7 Å². The van der Waals surface area contributed by atoms with Crippen molar-refractivity contribution in [3.8, 4) is 0 Å². The first kappa shape index (κ1) is 17.0. The van der Waals surface area contributed by atoms with Gasteiger partial charge in [-0.25, -0.2) is 0 Å². The third-order valence-electron chi connectivity index (χ3n) is 4.83. The highest BCUT2D eigenvalue weighted by Gasteiger charge is 2.42. The molecule has 4 N–H and O–H groups in total. The fourth-order valence-electron chi connectivity index (χ4n) is 2.42. The minimum absolute atomic E-state index is 0.164. The topological polar surface area (TPSA) is 92.4 Å². The standard InChI is InChI=1S/C15H28N2O3/c1-14(2,15(3,4)16)13(20)17-11-9-7-5-6-8-10(11)12(18)19/h10-11H,5-9,16H2,1-4H3,(H,17,20)(H,18,19). The molecule has 0 aromatic heterocycles. The van der Waals surface area contributed by atoms with Crippen LogP contribution < -0.4 is 11.1 Å². The van der Waals surface area contributed by atoms with Crippen LogP contribution in [0.25, 0.3) is 0 Å². The monoisotopic (exact) mass is 284 g/mol. The molecule has 1 amide bonds. The zero-order valence-corrected chi connectivity index (χ0v) is 13.0. The molecule has 0 radical (unpaired) electrons. The van der Waals surface area contributed by atoms with Crippen LogP contribution in [0.4, 0.5) is 0 Å². The van der Waals surface area contributed by atoms with Crippen molar-refractivity contribution in [2.45, 2.75) is 71.4 Å². The van der Waals surface area contributed by atoms with Gasteiger partial charge in [-0.1, -0.05) is 19.3 Å². The van der Waals surface area contributed by atoms with Gasteiger partial charge in [0, 0.05) is 11.6 Å². The summed E-state index contributed by atoms with van der Waals surface area (Å²) in [7, 11) is 0. The van der Waals surface area contributed by atoms with Crippen molar-refractivity contribution in [3.05, 3.63) is 0 Å². The molecule has 0 aromatic rings. The van der Waals surface area contributed by atoms with E-state index in [0.717, 1.165) is 25.7 Å². The third-order valence-corrected chi connectivity index (χ3v) is 4.83. The molecule has 0 aromatic carbocycles. The number of carbonyl (C=O) groups excluding carboxylic acids is 1. The van der Waals surface area contributed by atoms with Crippen molar-refractivity contribution < 1.29 is 14.7 Å². The zero-order chi connectivity index (χ0) is 15.6. The molecular weight excluding hydrogens is 256 g/mol. The molecule has 1 saturated carbocycles. The molecule has 1 fully saturated rings. The van der Waals surface area contributed by atoms with Crippen LogP contribution in [0.2, 0.25) is 0 Å². The maximum atomic E-state index is 12.5. The molecule has 0 bridgehead atoms. The van der Waals surface area contributed by atoms with Gasteiger partial charge in [0.1, 0.15) is 0 Å². The first-order valence-electron chi connectivity index (χ1n) is 7.40. The molecule has 1 aliphatic rings. The van der Waals surface area contributed by atoms with Gasteiger partial charge in [0.15, 0.2) is 0 Å². The second-order valence-corrected chi connectivity index (χ2v) is 7.01. The minimum atomic E-state index is -0.818. The van der Waals surface area contributed by atoms with Gasteiger partial charge in [-0.15, -0.1) is 0 Å². The smallest absolute Gasteiger partial charge is 0.308 e. The molecule has 1 rings (SSSR count). The Labute approximate surface area is 121 Å². The van der Waals surface area contributed by atoms with Crippen molar-refractivity contribution >= 4 is 11.9 Å². The summed E-state index contributed by atoms with van der Waals surface area (Å²) in [6, 6.07) is -0.288. The molecule has 116 valence electrons. The number of nitrogens with two attached hydrogens (primary N) is 1. The van der Waals surface area contributed by atoms with Crippen LogP contribution in [0.3, 0.4) is 0 Å². The van der Waals surface area contributed by atoms with Gasteiger partial charge in [-0.2, -0.15) is 0 Å². The average molecular weight is 284 g/mol. The largest absolute Gasteiger partial charge is 0.481 e. The number of carboxylic acids is 1. The summed E-state index contributed by atoms with van der Waals surface area (Å²) in [5.41, 5.74) is 4.65. The second kappa shape index (κ2) is 6.12. The maximum absolute atomic E-state index is 12.5. The van der Waals surface area contributed by atoms with E-state index in [1.807, 2.05) is 13.8 Å². The summed E-state index contributed by atoms with van der Waals surface area (Å²) < 4.78 is 0. The summed E-state index contributed by atoms with van der Waals surface area (Å²) in [5, 5.41) is 12.3. The van der Waals surface area contributed by atoms with Crippen LogP contribution in [0, 0.1) is 11.3 Å². The van der Waals surface area contributed by atoms with Crippen molar-refractivity contribution in [3.63, 3.8) is 0 Å². The van der Waals surface area contributed by atoms with Crippen LogP contribution in [-0.2, 0) is 9.59 Å². The Bertz CT molecular complexity index is 372. The van der Waals surface area contributed by atoms with Gasteiger partial charge >= 0.3 is 5.97 Å². The van der Waals surface area contributed by atoms with E-state index in [4.69, 9.17) is 5.73 Å². The molecule has 0 saturated heterocycles.